The van der Waals surface area contributed by atoms with Gasteiger partial charge in [0.2, 0.25) is 0 Å². The molecule has 0 spiro atoms. The van der Waals surface area contributed by atoms with Crippen molar-refractivity contribution in [2.75, 3.05) is 26.2 Å². The summed E-state index contributed by atoms with van der Waals surface area (Å²) in [5.41, 5.74) is 0.821. The lowest BCUT2D eigenvalue weighted by Gasteiger charge is -2.41. The maximum absolute atomic E-state index is 13.7. The smallest absolute Gasteiger partial charge is 0.126 e. The molecule has 1 saturated heterocycles. The summed E-state index contributed by atoms with van der Waals surface area (Å²) in [5.74, 6) is -0.389. The van der Waals surface area contributed by atoms with Crippen LogP contribution in [-0.4, -0.2) is 31.1 Å². The first-order valence-corrected chi connectivity index (χ1v) is 8.15. The van der Waals surface area contributed by atoms with Gasteiger partial charge in [-0.2, -0.15) is 0 Å². The van der Waals surface area contributed by atoms with Crippen LogP contribution in [0.1, 0.15) is 43.7 Å². The van der Waals surface area contributed by atoms with Crippen LogP contribution in [0.15, 0.2) is 18.2 Å². The number of piperazine rings is 1. The molecule has 6 heteroatoms. The van der Waals surface area contributed by atoms with Crippen LogP contribution in [-0.2, 0) is 0 Å². The van der Waals surface area contributed by atoms with E-state index in [2.05, 4.69) is 10.2 Å². The molecular formula is C17H26Cl2F2N2. The van der Waals surface area contributed by atoms with Gasteiger partial charge >= 0.3 is 0 Å². The molecule has 2 nitrogen and oxygen atoms in total. The minimum atomic E-state index is -0.457. The minimum Gasteiger partial charge on any atom is -0.314 e. The third-order valence-corrected chi connectivity index (χ3v) is 4.87. The van der Waals surface area contributed by atoms with Crippen LogP contribution in [0.25, 0.3) is 0 Å². The summed E-state index contributed by atoms with van der Waals surface area (Å²) < 4.78 is 27.3. The second-order valence-electron chi connectivity index (χ2n) is 6.33. The molecule has 1 saturated carbocycles. The Balaban J connectivity index is 0.00000132. The SMILES string of the molecule is Cl.Cl.Fc1cc(F)cc([C@@H](C2CCCCC2)N2CCNCC2)c1. The Labute approximate surface area is 149 Å². The van der Waals surface area contributed by atoms with Gasteiger partial charge in [0, 0.05) is 38.3 Å². The average Bonchev–Trinajstić information content (AvgIpc) is 2.49. The summed E-state index contributed by atoms with van der Waals surface area (Å²) in [6.45, 7) is 3.83. The van der Waals surface area contributed by atoms with Crippen LogP contribution in [0.5, 0.6) is 0 Å². The van der Waals surface area contributed by atoms with Crippen molar-refractivity contribution in [1.82, 2.24) is 10.2 Å². The number of nitrogens with one attached hydrogen (secondary N) is 1. The van der Waals surface area contributed by atoms with Crippen molar-refractivity contribution >= 4 is 24.8 Å². The molecule has 2 fully saturated rings. The largest absolute Gasteiger partial charge is 0.314 e. The van der Waals surface area contributed by atoms with Crippen LogP contribution in [0.2, 0.25) is 0 Å². The Bertz CT molecular complexity index is 437. The van der Waals surface area contributed by atoms with E-state index in [-0.39, 0.29) is 30.9 Å². The van der Waals surface area contributed by atoms with Crippen LogP contribution in [0.4, 0.5) is 8.78 Å². The molecule has 0 amide bonds. The Kier molecular flexibility index (Phi) is 8.76. The van der Waals surface area contributed by atoms with E-state index in [1.54, 1.807) is 0 Å². The number of rotatable bonds is 3. The number of halogens is 4. The molecule has 1 heterocycles. The van der Waals surface area contributed by atoms with Crippen molar-refractivity contribution in [3.63, 3.8) is 0 Å². The summed E-state index contributed by atoms with van der Waals surface area (Å²) in [4.78, 5) is 2.42. The average molecular weight is 367 g/mol. The molecule has 0 radical (unpaired) electrons. The highest BCUT2D eigenvalue weighted by Gasteiger charge is 2.31. The quantitative estimate of drug-likeness (QED) is 0.855. The highest BCUT2D eigenvalue weighted by Crippen LogP contribution is 2.38. The highest BCUT2D eigenvalue weighted by molar-refractivity contribution is 5.85. The molecule has 0 aromatic heterocycles. The Morgan fingerprint density at radius 2 is 1.48 bits per heavy atom. The fourth-order valence-electron chi connectivity index (χ4n) is 3.94. The van der Waals surface area contributed by atoms with Gasteiger partial charge in [-0.25, -0.2) is 8.78 Å². The van der Waals surface area contributed by atoms with E-state index < -0.39 is 11.6 Å². The van der Waals surface area contributed by atoms with E-state index in [9.17, 15) is 8.78 Å². The van der Waals surface area contributed by atoms with Crippen molar-refractivity contribution in [2.45, 2.75) is 38.1 Å². The third-order valence-electron chi connectivity index (χ3n) is 4.87. The molecule has 0 bridgehead atoms. The van der Waals surface area contributed by atoms with Gasteiger partial charge < -0.3 is 5.32 Å². The van der Waals surface area contributed by atoms with Crippen LogP contribution in [0, 0.1) is 17.6 Å². The summed E-state index contributed by atoms with van der Waals surface area (Å²) in [7, 11) is 0. The lowest BCUT2D eigenvalue weighted by atomic mass is 9.80. The Hall–Kier alpha value is -0.420. The topological polar surface area (TPSA) is 15.3 Å². The first-order chi connectivity index (χ1) is 10.2. The molecule has 0 unspecified atom stereocenters. The first-order valence-electron chi connectivity index (χ1n) is 8.15. The van der Waals surface area contributed by atoms with Crippen LogP contribution in [0.3, 0.4) is 0 Å². The fourth-order valence-corrected chi connectivity index (χ4v) is 3.94. The zero-order valence-corrected chi connectivity index (χ0v) is 14.9. The third kappa shape index (κ3) is 5.28. The molecule has 1 atom stereocenters. The van der Waals surface area contributed by atoms with Gasteiger partial charge in [0.25, 0.3) is 0 Å². The number of hydrogen-bond donors (Lipinski definition) is 1. The number of hydrogen-bond acceptors (Lipinski definition) is 2. The highest BCUT2D eigenvalue weighted by atomic mass is 35.5. The lowest BCUT2D eigenvalue weighted by molar-refractivity contribution is 0.103. The molecule has 23 heavy (non-hydrogen) atoms. The minimum absolute atomic E-state index is 0. The zero-order chi connectivity index (χ0) is 14.7. The predicted octanol–water partition coefficient (Wildman–Crippen LogP) is 4.34. The molecule has 1 aliphatic carbocycles. The molecule has 132 valence electrons. The Morgan fingerprint density at radius 3 is 2.04 bits per heavy atom. The molecule has 1 aliphatic heterocycles. The lowest BCUT2D eigenvalue weighted by Crippen LogP contribution is -2.47. The molecular weight excluding hydrogens is 341 g/mol. The van der Waals surface area contributed by atoms with Gasteiger partial charge in [0.15, 0.2) is 0 Å². The van der Waals surface area contributed by atoms with Crippen molar-refractivity contribution in [1.29, 1.82) is 0 Å². The molecule has 1 aromatic carbocycles. The van der Waals surface area contributed by atoms with E-state index in [1.807, 2.05) is 0 Å². The second kappa shape index (κ2) is 9.77. The van der Waals surface area contributed by atoms with Crippen molar-refractivity contribution in [3.05, 3.63) is 35.4 Å². The van der Waals surface area contributed by atoms with Gasteiger partial charge in [-0.3, -0.25) is 4.90 Å². The van der Waals surface area contributed by atoms with E-state index in [0.29, 0.717) is 5.92 Å². The number of benzene rings is 1. The van der Waals surface area contributed by atoms with Gasteiger partial charge in [0.1, 0.15) is 11.6 Å². The standard InChI is InChI=1S/C17H24F2N2.2ClH/c18-15-10-14(11-16(19)12-15)17(13-4-2-1-3-5-13)21-8-6-20-7-9-21;;/h10-13,17,20H,1-9H2;2*1H/t17-;;/m1../s1. The van der Waals surface area contributed by atoms with Gasteiger partial charge in [0.05, 0.1) is 0 Å². The zero-order valence-electron chi connectivity index (χ0n) is 13.3. The molecule has 1 N–H and O–H groups in total. The van der Waals surface area contributed by atoms with E-state index in [1.165, 1.54) is 44.2 Å². The maximum atomic E-state index is 13.7. The molecule has 1 aromatic rings. The van der Waals surface area contributed by atoms with E-state index >= 15 is 0 Å². The van der Waals surface area contributed by atoms with Crippen molar-refractivity contribution in [2.24, 2.45) is 5.92 Å². The first kappa shape index (κ1) is 20.6. The van der Waals surface area contributed by atoms with Gasteiger partial charge in [-0.15, -0.1) is 24.8 Å². The fraction of sp³-hybridized carbons (Fsp3) is 0.647. The van der Waals surface area contributed by atoms with E-state index in [0.717, 1.165) is 37.8 Å². The van der Waals surface area contributed by atoms with Crippen molar-refractivity contribution in [3.8, 4) is 0 Å². The van der Waals surface area contributed by atoms with Gasteiger partial charge in [-0.05, 0) is 36.5 Å². The Morgan fingerprint density at radius 1 is 0.913 bits per heavy atom. The van der Waals surface area contributed by atoms with Gasteiger partial charge in [-0.1, -0.05) is 19.3 Å². The summed E-state index contributed by atoms with van der Waals surface area (Å²) in [6.07, 6.45) is 6.12. The van der Waals surface area contributed by atoms with Crippen molar-refractivity contribution < 1.29 is 8.78 Å². The van der Waals surface area contributed by atoms with Crippen LogP contribution >= 0.6 is 24.8 Å². The van der Waals surface area contributed by atoms with E-state index in [4.69, 9.17) is 0 Å². The normalized spacial score (nSPS) is 21.1. The monoisotopic (exact) mass is 366 g/mol. The molecule has 3 rings (SSSR count). The maximum Gasteiger partial charge on any atom is 0.126 e. The van der Waals surface area contributed by atoms with Crippen LogP contribution < -0.4 is 5.32 Å². The number of nitrogens with zero attached hydrogens (tertiary/aromatic N) is 1. The summed E-state index contributed by atoms with van der Waals surface area (Å²) in [6, 6.07) is 4.20. The molecule has 2 aliphatic rings. The predicted molar refractivity (Wildman–Crippen MR) is 94.6 cm³/mol. The second-order valence-corrected chi connectivity index (χ2v) is 6.33. The summed E-state index contributed by atoms with van der Waals surface area (Å²) >= 11 is 0. The summed E-state index contributed by atoms with van der Waals surface area (Å²) in [5, 5.41) is 3.36.